The van der Waals surface area contributed by atoms with Gasteiger partial charge in [-0.3, -0.25) is 9.59 Å². The van der Waals surface area contributed by atoms with Gasteiger partial charge in [0, 0.05) is 3.57 Å². The number of allylic oxidation sites excluding steroid dienone is 2. The summed E-state index contributed by atoms with van der Waals surface area (Å²) in [6.45, 7) is 1.97. The summed E-state index contributed by atoms with van der Waals surface area (Å²) in [5, 5.41) is 0. The maximum absolute atomic E-state index is 12.8. The fourth-order valence-corrected chi connectivity index (χ4v) is 4.83. The average Bonchev–Trinajstić information content (AvgIpc) is 2.75. The summed E-state index contributed by atoms with van der Waals surface area (Å²) in [4.78, 5) is 27.2. The lowest BCUT2D eigenvalue weighted by Gasteiger charge is -2.38. The molecule has 0 radical (unpaired) electrons. The molecule has 4 heteroatoms. The van der Waals surface area contributed by atoms with Crippen molar-refractivity contribution in [1.29, 1.82) is 0 Å². The summed E-state index contributed by atoms with van der Waals surface area (Å²) in [5.41, 5.74) is 1.75. The molecule has 3 nitrogen and oxygen atoms in total. The second kappa shape index (κ2) is 4.66. The molecule has 1 heterocycles. The highest BCUT2D eigenvalue weighted by Gasteiger charge is 2.56. The molecule has 2 amide bonds. The Kier molecular flexibility index (Phi) is 3.00. The number of carbonyl (C=O) groups excluding carboxylic acids is 2. The molecule has 21 heavy (non-hydrogen) atoms. The molecule has 108 valence electrons. The molecule has 4 aliphatic rings. The van der Waals surface area contributed by atoms with E-state index in [1.165, 1.54) is 4.90 Å². The molecule has 2 bridgehead atoms. The Morgan fingerprint density at radius 2 is 1.62 bits per heavy atom. The first-order valence-corrected chi connectivity index (χ1v) is 8.48. The molecule has 0 unspecified atom stereocenters. The lowest BCUT2D eigenvalue weighted by Crippen LogP contribution is -2.38. The van der Waals surface area contributed by atoms with E-state index in [1.54, 1.807) is 0 Å². The van der Waals surface area contributed by atoms with Gasteiger partial charge in [0.2, 0.25) is 11.8 Å². The molecule has 1 aliphatic heterocycles. The van der Waals surface area contributed by atoms with Crippen LogP contribution in [0, 0.1) is 34.2 Å². The topological polar surface area (TPSA) is 37.4 Å². The van der Waals surface area contributed by atoms with Gasteiger partial charge in [0.25, 0.3) is 0 Å². The third kappa shape index (κ3) is 1.84. The number of carbonyl (C=O) groups is 2. The van der Waals surface area contributed by atoms with Crippen LogP contribution in [0.1, 0.15) is 18.4 Å². The SMILES string of the molecule is Cc1cc(I)ccc1N1C(=O)[C@@H]2[C@@H](C1=O)[C@H]1C=C[C@@H]2CC1. The zero-order valence-electron chi connectivity index (χ0n) is 11.8. The summed E-state index contributed by atoms with van der Waals surface area (Å²) in [7, 11) is 0. The van der Waals surface area contributed by atoms with E-state index in [2.05, 4.69) is 34.7 Å². The Morgan fingerprint density at radius 1 is 1.05 bits per heavy atom. The van der Waals surface area contributed by atoms with Gasteiger partial charge in [0.05, 0.1) is 17.5 Å². The number of imide groups is 1. The Bertz CT molecular complexity index is 649. The molecular formula is C17H16INO2. The highest BCUT2D eigenvalue weighted by atomic mass is 127. The molecule has 5 rings (SSSR count). The van der Waals surface area contributed by atoms with Gasteiger partial charge in [-0.1, -0.05) is 12.2 Å². The maximum atomic E-state index is 12.8. The van der Waals surface area contributed by atoms with E-state index in [0.29, 0.717) is 0 Å². The normalized spacial score (nSPS) is 33.7. The lowest BCUT2D eigenvalue weighted by molar-refractivity contribution is -0.124. The quantitative estimate of drug-likeness (QED) is 0.417. The van der Waals surface area contributed by atoms with Crippen LogP contribution >= 0.6 is 22.6 Å². The number of hydrogen-bond acceptors (Lipinski definition) is 2. The number of aryl methyl sites for hydroxylation is 1. The molecule has 3 aliphatic carbocycles. The number of fused-ring (bicyclic) bond motifs is 1. The van der Waals surface area contributed by atoms with Crippen molar-refractivity contribution in [3.05, 3.63) is 39.5 Å². The third-order valence-electron chi connectivity index (χ3n) is 5.16. The summed E-state index contributed by atoms with van der Waals surface area (Å²) in [6, 6.07) is 5.88. The van der Waals surface area contributed by atoms with Crippen LogP contribution in [0.3, 0.4) is 0 Å². The fraction of sp³-hybridized carbons (Fsp3) is 0.412. The largest absolute Gasteiger partial charge is 0.274 e. The first-order chi connectivity index (χ1) is 10.1. The third-order valence-corrected chi connectivity index (χ3v) is 5.83. The monoisotopic (exact) mass is 393 g/mol. The van der Waals surface area contributed by atoms with E-state index in [4.69, 9.17) is 0 Å². The Morgan fingerprint density at radius 3 is 2.10 bits per heavy atom. The number of amides is 2. The molecule has 4 atom stereocenters. The molecule has 0 aromatic heterocycles. The van der Waals surface area contributed by atoms with Crippen molar-refractivity contribution in [2.24, 2.45) is 23.7 Å². The van der Waals surface area contributed by atoms with Gasteiger partial charge in [-0.25, -0.2) is 4.90 Å². The Labute approximate surface area is 137 Å². The van der Waals surface area contributed by atoms with Gasteiger partial charge in [-0.2, -0.15) is 0 Å². The smallest absolute Gasteiger partial charge is 0.238 e. The van der Waals surface area contributed by atoms with Crippen LogP contribution < -0.4 is 4.90 Å². The summed E-state index contributed by atoms with van der Waals surface area (Å²) >= 11 is 2.25. The van der Waals surface area contributed by atoms with Crippen LogP contribution in [-0.4, -0.2) is 11.8 Å². The van der Waals surface area contributed by atoms with Gasteiger partial charge in [0.15, 0.2) is 0 Å². The number of hydrogen-bond donors (Lipinski definition) is 0. The van der Waals surface area contributed by atoms with Gasteiger partial charge in [0.1, 0.15) is 0 Å². The van der Waals surface area contributed by atoms with Crippen molar-refractivity contribution in [3.63, 3.8) is 0 Å². The molecule has 1 saturated carbocycles. The van der Waals surface area contributed by atoms with Gasteiger partial charge < -0.3 is 0 Å². The number of rotatable bonds is 1. The summed E-state index contributed by atoms with van der Waals surface area (Å²) < 4.78 is 1.12. The highest BCUT2D eigenvalue weighted by molar-refractivity contribution is 14.1. The van der Waals surface area contributed by atoms with Gasteiger partial charge >= 0.3 is 0 Å². The van der Waals surface area contributed by atoms with E-state index >= 15 is 0 Å². The summed E-state index contributed by atoms with van der Waals surface area (Å²) in [6.07, 6.45) is 6.40. The predicted molar refractivity (Wildman–Crippen MR) is 88.7 cm³/mol. The number of nitrogens with zero attached hydrogens (tertiary/aromatic N) is 1. The van der Waals surface area contributed by atoms with Crippen LogP contribution in [0.2, 0.25) is 0 Å². The van der Waals surface area contributed by atoms with Crippen molar-refractivity contribution < 1.29 is 9.59 Å². The average molecular weight is 393 g/mol. The fourth-order valence-electron chi connectivity index (χ4n) is 4.18. The highest BCUT2D eigenvalue weighted by Crippen LogP contribution is 2.50. The molecule has 1 saturated heterocycles. The second-order valence-corrected chi connectivity index (χ2v) is 7.53. The van der Waals surface area contributed by atoms with Crippen molar-refractivity contribution >= 4 is 40.1 Å². The number of anilines is 1. The van der Waals surface area contributed by atoms with Gasteiger partial charge in [-0.05, 0) is 78.0 Å². The first kappa shape index (κ1) is 13.5. The minimum Gasteiger partial charge on any atom is -0.274 e. The predicted octanol–water partition coefficient (Wildman–Crippen LogP) is 3.30. The zero-order chi connectivity index (χ0) is 14.7. The number of benzene rings is 1. The van der Waals surface area contributed by atoms with E-state index in [9.17, 15) is 9.59 Å². The van der Waals surface area contributed by atoms with Crippen molar-refractivity contribution in [2.45, 2.75) is 19.8 Å². The van der Waals surface area contributed by atoms with E-state index < -0.39 is 0 Å². The Hall–Kier alpha value is -1.17. The number of halogens is 1. The molecular weight excluding hydrogens is 377 g/mol. The van der Waals surface area contributed by atoms with Crippen LogP contribution in [0.15, 0.2) is 30.4 Å². The molecule has 0 N–H and O–H groups in total. The van der Waals surface area contributed by atoms with Crippen LogP contribution in [-0.2, 0) is 9.59 Å². The zero-order valence-corrected chi connectivity index (χ0v) is 13.9. The molecule has 1 aromatic rings. The van der Waals surface area contributed by atoms with Crippen LogP contribution in [0.25, 0.3) is 0 Å². The van der Waals surface area contributed by atoms with Crippen molar-refractivity contribution in [2.75, 3.05) is 4.90 Å². The standard InChI is InChI=1S/C17H16INO2/c1-9-8-12(18)6-7-13(9)19-16(20)14-10-2-3-11(5-4-10)15(14)17(19)21/h2-3,6-8,10-11,14-15H,4-5H2,1H3/t10-,11+,14-,15-/m0/s1. The summed E-state index contributed by atoms with van der Waals surface area (Å²) in [5.74, 6) is 0.276. The van der Waals surface area contributed by atoms with Crippen molar-refractivity contribution in [3.8, 4) is 0 Å². The van der Waals surface area contributed by atoms with E-state index in [0.717, 1.165) is 27.7 Å². The molecule has 2 fully saturated rings. The van der Waals surface area contributed by atoms with Crippen LogP contribution in [0.5, 0.6) is 0 Å². The molecule has 1 aromatic carbocycles. The van der Waals surface area contributed by atoms with Crippen molar-refractivity contribution in [1.82, 2.24) is 0 Å². The minimum atomic E-state index is -0.125. The maximum Gasteiger partial charge on any atom is 0.238 e. The molecule has 0 spiro atoms. The van der Waals surface area contributed by atoms with Crippen LogP contribution in [0.4, 0.5) is 5.69 Å². The lowest BCUT2D eigenvalue weighted by atomic mass is 9.63. The second-order valence-electron chi connectivity index (χ2n) is 6.28. The van der Waals surface area contributed by atoms with E-state index in [1.807, 2.05) is 25.1 Å². The minimum absolute atomic E-state index is 0.00774. The first-order valence-electron chi connectivity index (χ1n) is 7.40. The Balaban J connectivity index is 1.78. The van der Waals surface area contributed by atoms with Gasteiger partial charge in [-0.15, -0.1) is 0 Å². The van der Waals surface area contributed by atoms with E-state index in [-0.39, 0.29) is 35.5 Å².